The van der Waals surface area contributed by atoms with Crippen LogP contribution in [0.3, 0.4) is 0 Å². The fourth-order valence-electron chi connectivity index (χ4n) is 4.07. The molecule has 5 aromatic rings. The van der Waals surface area contributed by atoms with Crippen LogP contribution in [0.5, 0.6) is 0 Å². The molecule has 2 amide bonds. The van der Waals surface area contributed by atoms with Gasteiger partial charge < -0.3 is 15.7 Å². The third-order valence-electron chi connectivity index (χ3n) is 6.03. The van der Waals surface area contributed by atoms with Crippen LogP contribution in [0, 0.1) is 0 Å². The van der Waals surface area contributed by atoms with Gasteiger partial charge in [0.15, 0.2) is 5.13 Å². The molecule has 0 saturated carbocycles. The number of nitrogens with one attached hydrogen (secondary N) is 2. The molecule has 0 aliphatic heterocycles. The van der Waals surface area contributed by atoms with E-state index in [1.807, 2.05) is 41.8 Å². The van der Waals surface area contributed by atoms with Crippen molar-refractivity contribution in [2.75, 3.05) is 10.6 Å². The molecule has 1 atom stereocenters. The number of hydrogen-bond donors (Lipinski definition) is 3. The highest BCUT2D eigenvalue weighted by Gasteiger charge is 2.24. The van der Waals surface area contributed by atoms with E-state index in [1.165, 1.54) is 35.2 Å². The lowest BCUT2D eigenvalue weighted by molar-refractivity contribution is -0.115. The highest BCUT2D eigenvalue weighted by atomic mass is 35.5. The Hall–Kier alpha value is -4.15. The largest absolute Gasteiger partial charge is 0.478 e. The Morgan fingerprint density at radius 3 is 2.31 bits per heavy atom. The minimum atomic E-state index is -1.19. The van der Waals surface area contributed by atoms with Crippen LogP contribution in [0.25, 0.3) is 11.3 Å². The lowest BCUT2D eigenvalue weighted by atomic mass is 10.1. The standard InChI is InChI=1S/C31H21Cl2N3O4S2/c32-19-13-14-24(25(33)15-19)26-17-41-31(35-26)36-29(38)27(18-7-2-1-3-8-18)42-21-10-6-9-20(16-21)34-28(37)22-11-4-5-12-23(22)30(39)40/h1-17,27H,(H,34,37)(H,39,40)(H,35,36,38). The molecule has 3 N–H and O–H groups in total. The van der Waals surface area contributed by atoms with Crippen molar-refractivity contribution in [2.24, 2.45) is 0 Å². The van der Waals surface area contributed by atoms with Crippen molar-refractivity contribution in [3.63, 3.8) is 0 Å². The summed E-state index contributed by atoms with van der Waals surface area (Å²) in [6.07, 6.45) is 0. The smallest absolute Gasteiger partial charge is 0.336 e. The number of rotatable bonds is 9. The van der Waals surface area contributed by atoms with Gasteiger partial charge in [0.1, 0.15) is 5.25 Å². The molecular formula is C31H21Cl2N3O4S2. The zero-order valence-electron chi connectivity index (χ0n) is 21.6. The minimum Gasteiger partial charge on any atom is -0.478 e. The van der Waals surface area contributed by atoms with Crippen molar-refractivity contribution in [3.05, 3.63) is 129 Å². The summed E-state index contributed by atoms with van der Waals surface area (Å²) in [7, 11) is 0. The molecule has 0 saturated heterocycles. The van der Waals surface area contributed by atoms with Crippen LogP contribution in [0.2, 0.25) is 10.0 Å². The summed E-state index contributed by atoms with van der Waals surface area (Å²) in [4.78, 5) is 43.3. The second kappa shape index (κ2) is 13.2. The summed E-state index contributed by atoms with van der Waals surface area (Å²) in [6, 6.07) is 27.5. The summed E-state index contributed by atoms with van der Waals surface area (Å²) < 4.78 is 0. The Labute approximate surface area is 259 Å². The van der Waals surface area contributed by atoms with Crippen LogP contribution < -0.4 is 10.6 Å². The molecule has 1 aromatic heterocycles. The molecule has 5 rings (SSSR count). The molecule has 210 valence electrons. The number of carbonyl (C=O) groups excluding carboxylic acids is 2. The summed E-state index contributed by atoms with van der Waals surface area (Å²) in [5.74, 6) is -2.02. The van der Waals surface area contributed by atoms with Gasteiger partial charge in [0.25, 0.3) is 5.91 Å². The molecule has 1 heterocycles. The number of carbonyl (C=O) groups is 3. The number of carboxylic acid groups (broad SMARTS) is 1. The number of aromatic carboxylic acids is 1. The number of benzene rings is 4. The maximum absolute atomic E-state index is 13.6. The van der Waals surface area contributed by atoms with Gasteiger partial charge in [-0.25, -0.2) is 9.78 Å². The van der Waals surface area contributed by atoms with E-state index in [-0.39, 0.29) is 17.0 Å². The molecule has 11 heteroatoms. The molecule has 0 aliphatic carbocycles. The third kappa shape index (κ3) is 7.00. The number of amides is 2. The van der Waals surface area contributed by atoms with Gasteiger partial charge in [-0.1, -0.05) is 71.7 Å². The summed E-state index contributed by atoms with van der Waals surface area (Å²) in [5.41, 5.74) is 2.52. The van der Waals surface area contributed by atoms with Crippen LogP contribution in [0.1, 0.15) is 31.5 Å². The predicted octanol–water partition coefficient (Wildman–Crippen LogP) is 8.54. The SMILES string of the molecule is O=C(O)c1ccccc1C(=O)Nc1cccc(SC(C(=O)Nc2nc(-c3ccc(Cl)cc3Cl)cs2)c2ccccc2)c1. The normalized spacial score (nSPS) is 11.5. The molecule has 1 unspecified atom stereocenters. The summed E-state index contributed by atoms with van der Waals surface area (Å²) in [6.45, 7) is 0. The Morgan fingerprint density at radius 1 is 0.833 bits per heavy atom. The van der Waals surface area contributed by atoms with E-state index < -0.39 is 17.1 Å². The van der Waals surface area contributed by atoms with Crippen LogP contribution in [0.15, 0.2) is 107 Å². The van der Waals surface area contributed by atoms with E-state index in [2.05, 4.69) is 15.6 Å². The third-order valence-corrected chi connectivity index (χ3v) is 8.58. The second-order valence-electron chi connectivity index (χ2n) is 8.89. The van der Waals surface area contributed by atoms with Crippen molar-refractivity contribution < 1.29 is 19.5 Å². The maximum Gasteiger partial charge on any atom is 0.336 e. The van der Waals surface area contributed by atoms with E-state index in [0.29, 0.717) is 32.1 Å². The zero-order valence-corrected chi connectivity index (χ0v) is 24.7. The van der Waals surface area contributed by atoms with E-state index in [9.17, 15) is 19.5 Å². The molecule has 0 radical (unpaired) electrons. The fourth-order valence-corrected chi connectivity index (χ4v) is 6.38. The van der Waals surface area contributed by atoms with Gasteiger partial charge in [-0.05, 0) is 54.1 Å². The molecule has 7 nitrogen and oxygen atoms in total. The Kier molecular flexibility index (Phi) is 9.24. The molecule has 0 fully saturated rings. The summed E-state index contributed by atoms with van der Waals surface area (Å²) >= 11 is 14.9. The molecule has 0 aliphatic rings. The van der Waals surface area contributed by atoms with Gasteiger partial charge in [0.2, 0.25) is 5.91 Å². The average Bonchev–Trinajstić information content (AvgIpc) is 3.44. The maximum atomic E-state index is 13.6. The average molecular weight is 635 g/mol. The van der Waals surface area contributed by atoms with Crippen LogP contribution in [-0.2, 0) is 4.79 Å². The van der Waals surface area contributed by atoms with Gasteiger partial charge >= 0.3 is 5.97 Å². The quantitative estimate of drug-likeness (QED) is 0.140. The lowest BCUT2D eigenvalue weighted by Gasteiger charge is -2.17. The number of carboxylic acids is 1. The number of nitrogens with zero attached hydrogens (tertiary/aromatic N) is 1. The van der Waals surface area contributed by atoms with E-state index in [4.69, 9.17) is 23.2 Å². The van der Waals surface area contributed by atoms with Crippen molar-refractivity contribution >= 4 is 74.9 Å². The Bertz CT molecular complexity index is 1780. The van der Waals surface area contributed by atoms with Gasteiger partial charge in [0.05, 0.1) is 21.8 Å². The van der Waals surface area contributed by atoms with Crippen molar-refractivity contribution in [1.29, 1.82) is 0 Å². The first-order valence-electron chi connectivity index (χ1n) is 12.5. The van der Waals surface area contributed by atoms with Gasteiger partial charge in [0, 0.05) is 26.5 Å². The Morgan fingerprint density at radius 2 is 1.57 bits per heavy atom. The van der Waals surface area contributed by atoms with Gasteiger partial charge in [-0.3, -0.25) is 9.59 Å². The van der Waals surface area contributed by atoms with Crippen molar-refractivity contribution in [2.45, 2.75) is 10.1 Å². The van der Waals surface area contributed by atoms with E-state index in [1.54, 1.807) is 48.5 Å². The van der Waals surface area contributed by atoms with E-state index >= 15 is 0 Å². The highest BCUT2D eigenvalue weighted by Crippen LogP contribution is 2.38. The van der Waals surface area contributed by atoms with Gasteiger partial charge in [-0.15, -0.1) is 23.1 Å². The number of thioether (sulfide) groups is 1. The van der Waals surface area contributed by atoms with Gasteiger partial charge in [-0.2, -0.15) is 0 Å². The van der Waals surface area contributed by atoms with Crippen molar-refractivity contribution in [3.8, 4) is 11.3 Å². The number of anilines is 2. The molecule has 0 spiro atoms. The first-order chi connectivity index (χ1) is 20.3. The molecule has 42 heavy (non-hydrogen) atoms. The van der Waals surface area contributed by atoms with E-state index in [0.717, 1.165) is 10.5 Å². The highest BCUT2D eigenvalue weighted by molar-refractivity contribution is 8.00. The summed E-state index contributed by atoms with van der Waals surface area (Å²) in [5, 5.41) is 17.7. The fraction of sp³-hybridized carbons (Fsp3) is 0.0323. The second-order valence-corrected chi connectivity index (χ2v) is 11.8. The molecule has 4 aromatic carbocycles. The number of aromatic nitrogens is 1. The monoisotopic (exact) mass is 633 g/mol. The van der Waals surface area contributed by atoms with Crippen LogP contribution in [-0.4, -0.2) is 27.9 Å². The van der Waals surface area contributed by atoms with Crippen molar-refractivity contribution in [1.82, 2.24) is 4.98 Å². The number of hydrogen-bond acceptors (Lipinski definition) is 6. The predicted molar refractivity (Wildman–Crippen MR) is 169 cm³/mol. The molecule has 0 bridgehead atoms. The Balaban J connectivity index is 1.35. The topological polar surface area (TPSA) is 108 Å². The number of halogens is 2. The van der Waals surface area contributed by atoms with Crippen LogP contribution >= 0.6 is 46.3 Å². The first kappa shape index (κ1) is 29.3. The van der Waals surface area contributed by atoms with Crippen LogP contribution in [0.4, 0.5) is 10.8 Å². The zero-order chi connectivity index (χ0) is 29.6. The molecular weight excluding hydrogens is 613 g/mol. The lowest BCUT2D eigenvalue weighted by Crippen LogP contribution is -2.19. The number of thiazole rings is 1. The minimum absolute atomic E-state index is 0.0484. The first-order valence-corrected chi connectivity index (χ1v) is 15.0.